The molecule has 0 aromatic rings. The molecule has 0 aliphatic rings. The van der Waals surface area contributed by atoms with E-state index in [9.17, 15) is 0 Å². The van der Waals surface area contributed by atoms with E-state index in [-0.39, 0.29) is 0 Å². The Labute approximate surface area is 68.2 Å². The molecule has 0 amide bonds. The molecule has 0 bridgehead atoms. The van der Waals surface area contributed by atoms with Gasteiger partial charge in [0.2, 0.25) is 0 Å². The number of nitrogens with one attached hydrogen (secondary N) is 2. The van der Waals surface area contributed by atoms with Crippen LogP contribution >= 0.6 is 31.6 Å². The van der Waals surface area contributed by atoms with Crippen molar-refractivity contribution in [1.82, 2.24) is 10.0 Å². The second-order valence-electron chi connectivity index (χ2n) is 1.83. The van der Waals surface area contributed by atoms with Crippen molar-refractivity contribution in [3.8, 4) is 0 Å². The zero-order chi connectivity index (χ0) is 7.33. The number of thiol groups is 2. The molecule has 0 aliphatic heterocycles. The minimum Gasteiger partial charge on any atom is -0.318 e. The number of hydrogen-bond acceptors (Lipinski definition) is 4. The SMILES string of the molecule is CNCCNS(C)(S)S. The third kappa shape index (κ3) is 8.97. The summed E-state index contributed by atoms with van der Waals surface area (Å²) < 4.78 is 3.17. The molecule has 0 unspecified atom stereocenters. The van der Waals surface area contributed by atoms with E-state index in [0.29, 0.717) is 0 Å². The molecule has 0 fully saturated rings. The van der Waals surface area contributed by atoms with Gasteiger partial charge >= 0.3 is 0 Å². The topological polar surface area (TPSA) is 24.1 Å². The van der Waals surface area contributed by atoms with Gasteiger partial charge in [-0.15, -0.1) is 23.3 Å². The van der Waals surface area contributed by atoms with Crippen LogP contribution in [0.4, 0.5) is 0 Å². The first-order chi connectivity index (χ1) is 4.06. The van der Waals surface area contributed by atoms with E-state index in [1.807, 2.05) is 13.3 Å². The molecule has 9 heavy (non-hydrogen) atoms. The van der Waals surface area contributed by atoms with E-state index in [4.69, 9.17) is 0 Å². The first-order valence-electron chi connectivity index (χ1n) is 2.68. The van der Waals surface area contributed by atoms with E-state index in [1.54, 1.807) is 0 Å². The highest BCUT2D eigenvalue weighted by Crippen LogP contribution is 2.48. The largest absolute Gasteiger partial charge is 0.318 e. The Bertz CT molecular complexity index is 70.7. The van der Waals surface area contributed by atoms with Crippen LogP contribution in [-0.4, -0.2) is 26.4 Å². The van der Waals surface area contributed by atoms with Crippen LogP contribution in [0.5, 0.6) is 0 Å². The van der Waals surface area contributed by atoms with E-state index >= 15 is 0 Å². The normalized spacial score (nSPS) is 13.8. The summed E-state index contributed by atoms with van der Waals surface area (Å²) in [4.78, 5) is 0. The monoisotopic (exact) mass is 186 g/mol. The Balaban J connectivity index is 3.07. The molecular formula is C4H14N2S3. The zero-order valence-corrected chi connectivity index (χ0v) is 8.32. The van der Waals surface area contributed by atoms with E-state index in [1.165, 1.54) is 0 Å². The molecule has 0 rings (SSSR count). The molecular weight excluding hydrogens is 172 g/mol. The maximum atomic E-state index is 4.24. The molecule has 0 aromatic carbocycles. The predicted octanol–water partition coefficient (Wildman–Crippen LogP) is 0.834. The molecule has 0 aliphatic carbocycles. The summed E-state index contributed by atoms with van der Waals surface area (Å²) in [6.45, 7) is 1.89. The highest BCUT2D eigenvalue weighted by molar-refractivity contribution is 9.17. The van der Waals surface area contributed by atoms with E-state index in [2.05, 4.69) is 33.4 Å². The molecule has 0 radical (unpaired) electrons. The second kappa shape index (κ2) is 4.73. The van der Waals surface area contributed by atoms with Gasteiger partial charge in [-0.1, -0.05) is 8.28 Å². The minimum atomic E-state index is -1.10. The lowest BCUT2D eigenvalue weighted by Gasteiger charge is -2.23. The standard InChI is InChI=1S/C4H14N2S3/c1-5-3-4-6-9(2,7)8/h5-8H,3-4H2,1-2H3. The van der Waals surface area contributed by atoms with Crippen LogP contribution in [0.15, 0.2) is 0 Å². The van der Waals surface area contributed by atoms with E-state index in [0.717, 1.165) is 13.1 Å². The number of rotatable bonds is 4. The van der Waals surface area contributed by atoms with Crippen LogP contribution in [-0.2, 0) is 0 Å². The molecule has 2 nitrogen and oxygen atoms in total. The molecule has 2 N–H and O–H groups in total. The molecule has 0 saturated carbocycles. The molecule has 0 spiro atoms. The van der Waals surface area contributed by atoms with Crippen molar-refractivity contribution in [3.05, 3.63) is 0 Å². The fraction of sp³-hybridized carbons (Fsp3) is 1.00. The van der Waals surface area contributed by atoms with Gasteiger partial charge in [0, 0.05) is 13.1 Å². The summed E-state index contributed by atoms with van der Waals surface area (Å²) in [5, 5.41) is 3.02. The summed E-state index contributed by atoms with van der Waals surface area (Å²) >= 11 is 8.47. The molecule has 5 heteroatoms. The van der Waals surface area contributed by atoms with Crippen molar-refractivity contribution in [2.45, 2.75) is 0 Å². The maximum absolute atomic E-state index is 4.24. The molecule has 0 aromatic heterocycles. The average Bonchev–Trinajstić information content (AvgIpc) is 1.63. The van der Waals surface area contributed by atoms with Gasteiger partial charge in [-0.3, -0.25) is 4.72 Å². The van der Waals surface area contributed by atoms with Crippen LogP contribution in [0, 0.1) is 0 Å². The lowest BCUT2D eigenvalue weighted by molar-refractivity contribution is 0.776. The summed E-state index contributed by atoms with van der Waals surface area (Å²) in [7, 11) is 0.825. The first kappa shape index (κ1) is 9.97. The minimum absolute atomic E-state index is 0.926. The molecule has 0 saturated heterocycles. The van der Waals surface area contributed by atoms with Crippen molar-refractivity contribution in [1.29, 1.82) is 0 Å². The highest BCUT2D eigenvalue weighted by atomic mass is 33.5. The Morgan fingerprint density at radius 2 is 1.89 bits per heavy atom. The molecule has 0 atom stereocenters. The Morgan fingerprint density at radius 3 is 2.22 bits per heavy atom. The molecule has 0 heterocycles. The summed E-state index contributed by atoms with van der Waals surface area (Å²) in [5.74, 6) is 0. The second-order valence-corrected chi connectivity index (χ2v) is 9.03. The third-order valence-electron chi connectivity index (χ3n) is 0.750. The lowest BCUT2D eigenvalue weighted by Crippen LogP contribution is -2.23. The van der Waals surface area contributed by atoms with Gasteiger partial charge in [0.15, 0.2) is 0 Å². The summed E-state index contributed by atoms with van der Waals surface area (Å²) in [5.41, 5.74) is 0. The van der Waals surface area contributed by atoms with E-state index < -0.39 is 8.28 Å². The first-order valence-corrected chi connectivity index (χ1v) is 6.83. The number of likely N-dealkylation sites (N-methyl/N-ethyl adjacent to an activating group) is 1. The van der Waals surface area contributed by atoms with Crippen molar-refractivity contribution < 1.29 is 0 Å². The summed E-state index contributed by atoms with van der Waals surface area (Å²) in [6.07, 6.45) is 1.98. The zero-order valence-electron chi connectivity index (χ0n) is 5.72. The number of hydrogen-bond donors (Lipinski definition) is 4. The van der Waals surface area contributed by atoms with Crippen LogP contribution in [0.2, 0.25) is 0 Å². The van der Waals surface area contributed by atoms with Crippen molar-refractivity contribution >= 4 is 31.6 Å². The fourth-order valence-corrected chi connectivity index (χ4v) is 1.41. The van der Waals surface area contributed by atoms with Crippen molar-refractivity contribution in [2.75, 3.05) is 26.4 Å². The lowest BCUT2D eigenvalue weighted by atomic mass is 10.7. The van der Waals surface area contributed by atoms with Gasteiger partial charge in [0.1, 0.15) is 0 Å². The van der Waals surface area contributed by atoms with Gasteiger partial charge < -0.3 is 5.32 Å². The van der Waals surface area contributed by atoms with Crippen LogP contribution < -0.4 is 10.0 Å². The van der Waals surface area contributed by atoms with Gasteiger partial charge in [-0.25, -0.2) is 0 Å². The van der Waals surface area contributed by atoms with Gasteiger partial charge in [-0.05, 0) is 13.3 Å². The summed E-state index contributed by atoms with van der Waals surface area (Å²) in [6, 6.07) is 0. The van der Waals surface area contributed by atoms with Crippen LogP contribution in [0.3, 0.4) is 0 Å². The van der Waals surface area contributed by atoms with Crippen LogP contribution in [0.25, 0.3) is 0 Å². The molecule has 58 valence electrons. The van der Waals surface area contributed by atoms with Crippen LogP contribution in [0.1, 0.15) is 0 Å². The van der Waals surface area contributed by atoms with Gasteiger partial charge in [0.25, 0.3) is 0 Å². The van der Waals surface area contributed by atoms with Crippen molar-refractivity contribution in [2.24, 2.45) is 0 Å². The highest BCUT2D eigenvalue weighted by Gasteiger charge is 2.01. The Kier molecular flexibility index (Phi) is 5.25. The smallest absolute Gasteiger partial charge is 0.0183 e. The fourth-order valence-electron chi connectivity index (χ4n) is 0.369. The maximum Gasteiger partial charge on any atom is 0.0183 e. The Hall–Kier alpha value is 0.970. The third-order valence-corrected chi connectivity index (χ3v) is 2.28. The quantitative estimate of drug-likeness (QED) is 0.297. The van der Waals surface area contributed by atoms with Gasteiger partial charge in [-0.2, -0.15) is 0 Å². The van der Waals surface area contributed by atoms with Gasteiger partial charge in [0.05, 0.1) is 0 Å². The average molecular weight is 186 g/mol. The van der Waals surface area contributed by atoms with Crippen molar-refractivity contribution in [3.63, 3.8) is 0 Å². The predicted molar refractivity (Wildman–Crippen MR) is 53.4 cm³/mol. The Morgan fingerprint density at radius 1 is 1.33 bits per heavy atom.